The highest BCUT2D eigenvalue weighted by atomic mass is 35.5. The number of carbonyl (C=O) groups excluding carboxylic acids is 3. The summed E-state index contributed by atoms with van der Waals surface area (Å²) in [7, 11) is 0. The molecule has 13 heteroatoms. The van der Waals surface area contributed by atoms with Gasteiger partial charge in [-0.05, 0) is 59.1 Å². The second-order valence-electron chi connectivity index (χ2n) is 12.4. The molecule has 1 heterocycles. The number of aliphatic hydroxyl groups is 1. The third-order valence-electron chi connectivity index (χ3n) is 6.86. The summed E-state index contributed by atoms with van der Waals surface area (Å²) >= 11 is 6.34. The fourth-order valence-electron chi connectivity index (χ4n) is 4.62. The number of carbonyl (C=O) groups is 3. The Morgan fingerprint density at radius 2 is 1.78 bits per heavy atom. The van der Waals surface area contributed by atoms with Crippen LogP contribution in [0.5, 0.6) is 0 Å². The highest BCUT2D eigenvalue weighted by Crippen LogP contribution is 2.32. The maximum Gasteiger partial charge on any atom is 0.408 e. The molecule has 2 rings (SSSR count). The monoisotopic (exact) mass is 606 g/mol. The molecule has 1 saturated heterocycles. The molecule has 9 nitrogen and oxygen atoms in total. The van der Waals surface area contributed by atoms with Crippen molar-refractivity contribution in [3.8, 4) is 0 Å². The van der Waals surface area contributed by atoms with E-state index in [4.69, 9.17) is 16.3 Å². The van der Waals surface area contributed by atoms with E-state index < -0.39 is 59.8 Å². The molecule has 0 aromatic heterocycles. The van der Waals surface area contributed by atoms with Crippen LogP contribution in [0.3, 0.4) is 0 Å². The van der Waals surface area contributed by atoms with Gasteiger partial charge in [-0.3, -0.25) is 14.5 Å². The van der Waals surface area contributed by atoms with E-state index in [9.17, 15) is 32.7 Å². The molecule has 1 aliphatic rings. The molecule has 3 atom stereocenters. The number of nitrogens with zero attached hydrogens (tertiary/aromatic N) is 2. The highest BCUT2D eigenvalue weighted by molar-refractivity contribution is 6.33. The van der Waals surface area contributed by atoms with Gasteiger partial charge in [0.15, 0.2) is 0 Å². The number of benzene rings is 1. The fraction of sp³-hybridized carbons (Fsp3) is 0.679. The van der Waals surface area contributed by atoms with Gasteiger partial charge in [-0.2, -0.15) is 13.2 Å². The average molecular weight is 607 g/mol. The van der Waals surface area contributed by atoms with E-state index in [2.05, 4.69) is 5.32 Å². The van der Waals surface area contributed by atoms with Crippen LogP contribution in [0.2, 0.25) is 5.02 Å². The summed E-state index contributed by atoms with van der Waals surface area (Å²) in [6, 6.07) is 5.97. The number of nitrogens with one attached hydrogen (secondary N) is 2. The molecule has 1 aromatic rings. The Morgan fingerprint density at radius 3 is 2.32 bits per heavy atom. The molecule has 41 heavy (non-hydrogen) atoms. The van der Waals surface area contributed by atoms with Gasteiger partial charge in [-0.15, -0.1) is 0 Å². The van der Waals surface area contributed by atoms with Crippen LogP contribution in [-0.2, 0) is 14.3 Å². The molecule has 0 spiro atoms. The fourth-order valence-corrected chi connectivity index (χ4v) is 4.86. The number of aliphatic hydroxyl groups excluding tert-OH is 1. The smallest absolute Gasteiger partial charge is 0.408 e. The molecule has 0 aliphatic carbocycles. The SMILES string of the molecule is CC(C)[C@H](C[C@H](O)[C@H](CN1CC(=O)N(c2ccccc2Cl)CC1(C)C)NC(=O)OC(C)(C)C)C(=O)NCC(F)(F)F. The number of rotatable bonds is 10. The first-order valence-corrected chi connectivity index (χ1v) is 13.9. The third kappa shape index (κ3) is 10.6. The summed E-state index contributed by atoms with van der Waals surface area (Å²) in [6.07, 6.45) is -6.97. The zero-order valence-corrected chi connectivity index (χ0v) is 25.4. The topological polar surface area (TPSA) is 111 Å². The summed E-state index contributed by atoms with van der Waals surface area (Å²) in [5.41, 5.74) is -0.907. The molecule has 0 saturated carbocycles. The van der Waals surface area contributed by atoms with Crippen molar-refractivity contribution >= 4 is 35.2 Å². The molecule has 0 unspecified atom stereocenters. The van der Waals surface area contributed by atoms with Gasteiger partial charge in [-0.1, -0.05) is 37.6 Å². The summed E-state index contributed by atoms with van der Waals surface area (Å²) in [4.78, 5) is 42.0. The van der Waals surface area contributed by atoms with Gasteiger partial charge in [0.2, 0.25) is 11.8 Å². The molecule has 232 valence electrons. The van der Waals surface area contributed by atoms with Crippen LogP contribution in [0.25, 0.3) is 0 Å². The summed E-state index contributed by atoms with van der Waals surface area (Å²) in [5, 5.41) is 16.2. The predicted molar refractivity (Wildman–Crippen MR) is 151 cm³/mol. The standard InChI is InChI=1S/C28H42ClF3N4O5/c1-17(2)18(24(39)33-15-28(30,31)32)12-22(37)20(34-25(40)41-26(3,4)5)13-35-14-23(38)36(16-27(35,6)7)21-11-9-8-10-19(21)29/h8-11,17-18,20,22,37H,12-16H2,1-7H3,(H,33,39)(H,34,40)/t18-,20-,22-/m0/s1. The first-order valence-electron chi connectivity index (χ1n) is 13.5. The number of halogens is 4. The number of hydrogen-bond donors (Lipinski definition) is 3. The maximum atomic E-state index is 13.2. The minimum Gasteiger partial charge on any atom is -0.444 e. The van der Waals surface area contributed by atoms with Gasteiger partial charge in [0.1, 0.15) is 12.1 Å². The van der Waals surface area contributed by atoms with Crippen molar-refractivity contribution in [2.75, 3.05) is 31.1 Å². The van der Waals surface area contributed by atoms with E-state index >= 15 is 0 Å². The Bertz CT molecular complexity index is 1080. The third-order valence-corrected chi connectivity index (χ3v) is 7.17. The normalized spacial score (nSPS) is 18.6. The van der Waals surface area contributed by atoms with E-state index in [1.54, 1.807) is 63.8 Å². The Morgan fingerprint density at radius 1 is 1.17 bits per heavy atom. The second-order valence-corrected chi connectivity index (χ2v) is 12.8. The van der Waals surface area contributed by atoms with Gasteiger partial charge < -0.3 is 25.4 Å². The van der Waals surface area contributed by atoms with Gasteiger partial charge >= 0.3 is 12.3 Å². The zero-order valence-electron chi connectivity index (χ0n) is 24.6. The molecule has 1 aliphatic heterocycles. The van der Waals surface area contributed by atoms with Crippen LogP contribution >= 0.6 is 11.6 Å². The van der Waals surface area contributed by atoms with Gasteiger partial charge in [0.25, 0.3) is 0 Å². The van der Waals surface area contributed by atoms with E-state index in [1.165, 1.54) is 0 Å². The van der Waals surface area contributed by atoms with Gasteiger partial charge in [-0.25, -0.2) is 4.79 Å². The van der Waals surface area contributed by atoms with Crippen LogP contribution in [0.4, 0.5) is 23.7 Å². The number of amides is 3. The maximum absolute atomic E-state index is 13.2. The summed E-state index contributed by atoms with van der Waals surface area (Å²) < 4.78 is 43.5. The second kappa shape index (κ2) is 13.6. The van der Waals surface area contributed by atoms with Crippen molar-refractivity contribution < 1.29 is 37.4 Å². The minimum absolute atomic E-state index is 0.00446. The molecular weight excluding hydrogens is 565 g/mol. The Kier molecular flexibility index (Phi) is 11.5. The molecule has 3 N–H and O–H groups in total. The van der Waals surface area contributed by atoms with Crippen molar-refractivity contribution in [1.82, 2.24) is 15.5 Å². The number of alkyl halides is 3. The first kappa shape index (κ1) is 34.6. The largest absolute Gasteiger partial charge is 0.444 e. The molecule has 0 bridgehead atoms. The van der Waals surface area contributed by atoms with Gasteiger partial charge in [0, 0.05) is 24.5 Å². The quantitative estimate of drug-likeness (QED) is 0.365. The number of hydrogen-bond acceptors (Lipinski definition) is 6. The number of ether oxygens (including phenoxy) is 1. The first-order chi connectivity index (χ1) is 18.7. The summed E-state index contributed by atoms with van der Waals surface area (Å²) in [6.45, 7) is 10.9. The number of para-hydroxylation sites is 1. The lowest BCUT2D eigenvalue weighted by molar-refractivity contribution is -0.142. The van der Waals surface area contributed by atoms with E-state index in [1.807, 2.05) is 24.1 Å². The van der Waals surface area contributed by atoms with Crippen molar-refractivity contribution in [2.24, 2.45) is 11.8 Å². The van der Waals surface area contributed by atoms with Crippen LogP contribution in [-0.4, -0.2) is 83.6 Å². The Labute approximate surface area is 244 Å². The highest BCUT2D eigenvalue weighted by Gasteiger charge is 2.42. The lowest BCUT2D eigenvalue weighted by Gasteiger charge is -2.48. The Balaban J connectivity index is 2.28. The van der Waals surface area contributed by atoms with Crippen molar-refractivity contribution in [3.05, 3.63) is 29.3 Å². The van der Waals surface area contributed by atoms with E-state index in [0.717, 1.165) is 0 Å². The minimum atomic E-state index is -4.58. The lowest BCUT2D eigenvalue weighted by atomic mass is 9.86. The van der Waals surface area contributed by atoms with E-state index in [-0.39, 0.29) is 32.0 Å². The molecular formula is C28H42ClF3N4O5. The molecule has 1 fully saturated rings. The van der Waals surface area contributed by atoms with Crippen molar-refractivity contribution in [1.29, 1.82) is 0 Å². The van der Waals surface area contributed by atoms with Crippen LogP contribution in [0.1, 0.15) is 54.9 Å². The molecule has 0 radical (unpaired) electrons. The number of anilines is 1. The predicted octanol–water partition coefficient (Wildman–Crippen LogP) is 4.36. The van der Waals surface area contributed by atoms with Gasteiger partial charge in [0.05, 0.1) is 29.4 Å². The van der Waals surface area contributed by atoms with Crippen molar-refractivity contribution in [3.63, 3.8) is 0 Å². The van der Waals surface area contributed by atoms with E-state index in [0.29, 0.717) is 10.7 Å². The molecule has 3 amide bonds. The number of alkyl carbamates (subject to hydrolysis) is 1. The lowest BCUT2D eigenvalue weighted by Crippen LogP contribution is -2.65. The van der Waals surface area contributed by atoms with Crippen molar-refractivity contribution in [2.45, 2.75) is 84.3 Å². The van der Waals surface area contributed by atoms with Crippen LogP contribution < -0.4 is 15.5 Å². The zero-order chi connectivity index (χ0) is 31.3. The van der Waals surface area contributed by atoms with Crippen LogP contribution in [0, 0.1) is 11.8 Å². The average Bonchev–Trinajstić information content (AvgIpc) is 2.81. The number of piperazine rings is 1. The summed E-state index contributed by atoms with van der Waals surface area (Å²) in [5.74, 6) is -2.47. The molecule has 1 aromatic carbocycles. The Hall–Kier alpha value is -2.57. The van der Waals surface area contributed by atoms with Crippen LogP contribution in [0.15, 0.2) is 24.3 Å².